The maximum Gasteiger partial charge on any atom is 0.246 e. The molecule has 100 valence electrons. The summed E-state index contributed by atoms with van der Waals surface area (Å²) in [5.74, 6) is -0.0734. The average Bonchev–Trinajstić information content (AvgIpc) is 2.36. The number of rotatable bonds is 6. The number of carbonyl (C=O) groups excluding carboxylic acids is 1. The Labute approximate surface area is 110 Å². The normalized spacial score (nSPS) is 12.5. The highest BCUT2D eigenvalue weighted by Crippen LogP contribution is 2.13. The van der Waals surface area contributed by atoms with Crippen LogP contribution in [0.1, 0.15) is 44.9 Å². The van der Waals surface area contributed by atoms with Gasteiger partial charge < -0.3 is 10.1 Å². The molecule has 1 N–H and O–H groups in total. The maximum atomic E-state index is 11.6. The summed E-state index contributed by atoms with van der Waals surface area (Å²) < 4.78 is 5.26. The zero-order chi connectivity index (χ0) is 13.5. The minimum absolute atomic E-state index is 0.0131. The van der Waals surface area contributed by atoms with Crippen LogP contribution in [0.3, 0.4) is 0 Å². The van der Waals surface area contributed by atoms with Crippen LogP contribution in [0, 0.1) is 0 Å². The van der Waals surface area contributed by atoms with E-state index in [9.17, 15) is 4.79 Å². The highest BCUT2D eigenvalue weighted by atomic mass is 16.5. The lowest BCUT2D eigenvalue weighted by Gasteiger charge is -2.15. The fourth-order valence-electron chi connectivity index (χ4n) is 1.65. The van der Waals surface area contributed by atoms with Crippen LogP contribution in [0.5, 0.6) is 0 Å². The first-order valence-electron chi connectivity index (χ1n) is 6.52. The SMILES string of the molecule is CCc1ccc(C(C)NC(=O)COC(C)C)cc1. The fourth-order valence-corrected chi connectivity index (χ4v) is 1.65. The zero-order valence-corrected chi connectivity index (χ0v) is 11.7. The van der Waals surface area contributed by atoms with Crippen LogP contribution in [0.25, 0.3) is 0 Å². The van der Waals surface area contributed by atoms with Crippen LogP contribution >= 0.6 is 0 Å². The smallest absolute Gasteiger partial charge is 0.246 e. The molecule has 3 heteroatoms. The van der Waals surface area contributed by atoms with Crippen LogP contribution in [0.2, 0.25) is 0 Å². The first kappa shape index (κ1) is 14.7. The van der Waals surface area contributed by atoms with Gasteiger partial charge in [-0.15, -0.1) is 0 Å². The van der Waals surface area contributed by atoms with E-state index in [0.717, 1.165) is 12.0 Å². The summed E-state index contributed by atoms with van der Waals surface area (Å²) in [5.41, 5.74) is 2.42. The summed E-state index contributed by atoms with van der Waals surface area (Å²) in [6, 6.07) is 8.34. The average molecular weight is 249 g/mol. The number of hydrogen-bond donors (Lipinski definition) is 1. The topological polar surface area (TPSA) is 38.3 Å². The van der Waals surface area contributed by atoms with Gasteiger partial charge in [0.1, 0.15) is 6.61 Å². The van der Waals surface area contributed by atoms with Crippen molar-refractivity contribution in [2.24, 2.45) is 0 Å². The molecule has 0 aromatic heterocycles. The van der Waals surface area contributed by atoms with Crippen LogP contribution in [-0.2, 0) is 16.0 Å². The summed E-state index contributed by atoms with van der Waals surface area (Å²) in [6.07, 6.45) is 1.11. The molecule has 0 aliphatic carbocycles. The predicted molar refractivity (Wildman–Crippen MR) is 73.5 cm³/mol. The molecule has 3 nitrogen and oxygen atoms in total. The zero-order valence-electron chi connectivity index (χ0n) is 11.7. The van der Waals surface area contributed by atoms with Gasteiger partial charge in [0.15, 0.2) is 0 Å². The van der Waals surface area contributed by atoms with Gasteiger partial charge in [-0.05, 0) is 38.3 Å². The lowest BCUT2D eigenvalue weighted by Crippen LogP contribution is -2.31. The minimum Gasteiger partial charge on any atom is -0.369 e. The van der Waals surface area contributed by atoms with Crippen molar-refractivity contribution in [1.29, 1.82) is 0 Å². The van der Waals surface area contributed by atoms with Crippen molar-refractivity contribution < 1.29 is 9.53 Å². The summed E-state index contributed by atoms with van der Waals surface area (Å²) in [4.78, 5) is 11.6. The van der Waals surface area contributed by atoms with E-state index in [-0.39, 0.29) is 24.7 Å². The van der Waals surface area contributed by atoms with E-state index >= 15 is 0 Å². The van der Waals surface area contributed by atoms with Gasteiger partial charge in [0.2, 0.25) is 5.91 Å². The number of nitrogens with one attached hydrogen (secondary N) is 1. The number of amides is 1. The standard InChI is InChI=1S/C15H23NO2/c1-5-13-6-8-14(9-7-13)12(4)16-15(17)10-18-11(2)3/h6-9,11-12H,5,10H2,1-4H3,(H,16,17). The lowest BCUT2D eigenvalue weighted by atomic mass is 10.1. The molecule has 1 aromatic carbocycles. The van der Waals surface area contributed by atoms with E-state index in [2.05, 4.69) is 36.5 Å². The molecule has 1 unspecified atom stereocenters. The van der Waals surface area contributed by atoms with Crippen molar-refractivity contribution in [3.05, 3.63) is 35.4 Å². The van der Waals surface area contributed by atoms with Crippen molar-refractivity contribution in [2.75, 3.05) is 6.61 Å². The van der Waals surface area contributed by atoms with Crippen molar-refractivity contribution in [2.45, 2.75) is 46.3 Å². The lowest BCUT2D eigenvalue weighted by molar-refractivity contribution is -0.127. The molecular formula is C15H23NO2. The number of benzene rings is 1. The van der Waals surface area contributed by atoms with Gasteiger partial charge in [0.05, 0.1) is 12.1 Å². The minimum atomic E-state index is -0.0734. The van der Waals surface area contributed by atoms with Crippen LogP contribution in [0.4, 0.5) is 0 Å². The third-order valence-electron chi connectivity index (χ3n) is 2.81. The molecule has 18 heavy (non-hydrogen) atoms. The second kappa shape index (κ2) is 7.17. The second-order valence-electron chi connectivity index (χ2n) is 4.74. The van der Waals surface area contributed by atoms with E-state index in [1.54, 1.807) is 0 Å². The fraction of sp³-hybridized carbons (Fsp3) is 0.533. The number of aryl methyl sites for hydroxylation is 1. The summed E-state index contributed by atoms with van der Waals surface area (Å²) in [7, 11) is 0. The molecule has 0 saturated carbocycles. The number of carbonyl (C=O) groups is 1. The van der Waals surface area contributed by atoms with Crippen LogP contribution in [0.15, 0.2) is 24.3 Å². The molecule has 0 heterocycles. The highest BCUT2D eigenvalue weighted by molar-refractivity contribution is 5.77. The quantitative estimate of drug-likeness (QED) is 0.842. The first-order valence-corrected chi connectivity index (χ1v) is 6.52. The molecule has 0 spiro atoms. The molecule has 0 bridgehead atoms. The van der Waals surface area contributed by atoms with Crippen LogP contribution in [-0.4, -0.2) is 18.6 Å². The Morgan fingerprint density at radius 3 is 2.33 bits per heavy atom. The molecular weight excluding hydrogens is 226 g/mol. The molecule has 1 rings (SSSR count). The molecule has 0 radical (unpaired) electrons. The van der Waals surface area contributed by atoms with Gasteiger partial charge in [0, 0.05) is 0 Å². The third kappa shape index (κ3) is 4.88. The van der Waals surface area contributed by atoms with E-state index in [1.165, 1.54) is 5.56 Å². The number of hydrogen-bond acceptors (Lipinski definition) is 2. The second-order valence-corrected chi connectivity index (χ2v) is 4.74. The van der Waals surface area contributed by atoms with E-state index < -0.39 is 0 Å². The molecule has 1 aromatic rings. The Morgan fingerprint density at radius 2 is 1.83 bits per heavy atom. The highest BCUT2D eigenvalue weighted by Gasteiger charge is 2.09. The van der Waals surface area contributed by atoms with Gasteiger partial charge in [-0.25, -0.2) is 0 Å². The molecule has 1 atom stereocenters. The monoisotopic (exact) mass is 249 g/mol. The molecule has 0 aliphatic rings. The van der Waals surface area contributed by atoms with Crippen molar-refractivity contribution in [3.63, 3.8) is 0 Å². The Bertz CT molecular complexity index is 371. The Hall–Kier alpha value is -1.35. The predicted octanol–water partition coefficient (Wildman–Crippen LogP) is 2.85. The van der Waals surface area contributed by atoms with E-state index in [0.29, 0.717) is 0 Å². The third-order valence-corrected chi connectivity index (χ3v) is 2.81. The van der Waals surface area contributed by atoms with Crippen molar-refractivity contribution in [3.8, 4) is 0 Å². The van der Waals surface area contributed by atoms with Gasteiger partial charge in [-0.2, -0.15) is 0 Å². The summed E-state index contributed by atoms with van der Waals surface area (Å²) >= 11 is 0. The molecule has 0 aliphatic heterocycles. The van der Waals surface area contributed by atoms with Gasteiger partial charge in [0.25, 0.3) is 0 Å². The Balaban J connectivity index is 2.48. The largest absolute Gasteiger partial charge is 0.369 e. The molecule has 1 amide bonds. The Kier molecular flexibility index (Phi) is 5.86. The first-order chi connectivity index (χ1) is 8.52. The molecule has 0 saturated heterocycles. The summed E-state index contributed by atoms with van der Waals surface area (Å²) in [5, 5.41) is 2.93. The van der Waals surface area contributed by atoms with E-state index in [1.807, 2.05) is 20.8 Å². The van der Waals surface area contributed by atoms with Gasteiger partial charge >= 0.3 is 0 Å². The maximum absolute atomic E-state index is 11.6. The van der Waals surface area contributed by atoms with Crippen molar-refractivity contribution in [1.82, 2.24) is 5.32 Å². The Morgan fingerprint density at radius 1 is 1.22 bits per heavy atom. The summed E-state index contributed by atoms with van der Waals surface area (Å²) in [6.45, 7) is 8.06. The van der Waals surface area contributed by atoms with Crippen LogP contribution < -0.4 is 5.32 Å². The van der Waals surface area contributed by atoms with E-state index in [4.69, 9.17) is 4.74 Å². The number of ether oxygens (including phenoxy) is 1. The molecule has 0 fully saturated rings. The van der Waals surface area contributed by atoms with Gasteiger partial charge in [-0.1, -0.05) is 31.2 Å². The van der Waals surface area contributed by atoms with Crippen molar-refractivity contribution >= 4 is 5.91 Å². The van der Waals surface area contributed by atoms with Gasteiger partial charge in [-0.3, -0.25) is 4.79 Å².